The van der Waals surface area contributed by atoms with Gasteiger partial charge in [0, 0.05) is 43.5 Å². The summed E-state index contributed by atoms with van der Waals surface area (Å²) in [6.45, 7) is 9.40. The molecule has 0 bridgehead atoms. The quantitative estimate of drug-likeness (QED) is 0.162. The minimum Gasteiger partial charge on any atom is -0.372 e. The lowest BCUT2D eigenvalue weighted by molar-refractivity contribution is 0.394. The summed E-state index contributed by atoms with van der Waals surface area (Å²) in [4.78, 5) is 5.25. The number of allylic oxidation sites excluding steroid dienone is 4. The predicted molar refractivity (Wildman–Crippen MR) is 245 cm³/mol. The average Bonchev–Trinajstić information content (AvgIpc) is 3.50. The number of rotatable bonds is 5. The number of piperidine rings is 2. The Morgan fingerprint density at radius 3 is 1.79 bits per heavy atom. The Morgan fingerprint density at radius 1 is 0.474 bits per heavy atom. The average molecular weight is 741 g/mol. The second kappa shape index (κ2) is 13.8. The monoisotopic (exact) mass is 740 g/mol. The molecule has 2 fully saturated rings. The van der Waals surface area contributed by atoms with Crippen molar-refractivity contribution in [1.82, 2.24) is 0 Å². The Bertz CT molecular complexity index is 2750. The van der Waals surface area contributed by atoms with Gasteiger partial charge in [-0.25, -0.2) is 0 Å². The summed E-state index contributed by atoms with van der Waals surface area (Å²) < 4.78 is 0. The fourth-order valence-corrected chi connectivity index (χ4v) is 11.1. The molecular weight excluding hydrogens is 689 g/mol. The molecule has 7 aromatic rings. The van der Waals surface area contributed by atoms with Gasteiger partial charge in [0.05, 0.1) is 0 Å². The SMILES string of the molecule is CC1(C)c2cc(-c3ccccc3-c3c4ccc(N5CCCCC5)cc4c(-c4ccc5ccccc5c4)c4ccc(N5CCCCC5)cc34)ccc2C2C=CC=CC21. The first kappa shape index (κ1) is 34.6. The Labute approximate surface area is 338 Å². The van der Waals surface area contributed by atoms with E-state index in [2.05, 4.69) is 169 Å². The molecule has 0 N–H and O–H groups in total. The van der Waals surface area contributed by atoms with Crippen LogP contribution >= 0.6 is 0 Å². The Morgan fingerprint density at radius 2 is 1.07 bits per heavy atom. The first-order valence-electron chi connectivity index (χ1n) is 21.6. The molecule has 0 aromatic heterocycles. The van der Waals surface area contributed by atoms with Crippen LogP contribution in [0.5, 0.6) is 0 Å². The van der Waals surface area contributed by atoms with E-state index in [0.29, 0.717) is 11.8 Å². The molecule has 4 aliphatic rings. The molecule has 0 saturated carbocycles. The van der Waals surface area contributed by atoms with E-state index in [1.54, 1.807) is 0 Å². The van der Waals surface area contributed by atoms with Gasteiger partial charge in [0.25, 0.3) is 0 Å². The summed E-state index contributed by atoms with van der Waals surface area (Å²) in [7, 11) is 0. The second-order valence-corrected chi connectivity index (χ2v) is 17.8. The molecule has 11 rings (SSSR count). The third-order valence-electron chi connectivity index (χ3n) is 14.1. The maximum absolute atomic E-state index is 2.63. The van der Waals surface area contributed by atoms with Crippen LogP contribution in [-0.2, 0) is 5.41 Å². The van der Waals surface area contributed by atoms with Crippen molar-refractivity contribution in [3.05, 3.63) is 157 Å². The number of fused-ring (bicyclic) bond motifs is 6. The summed E-state index contributed by atoms with van der Waals surface area (Å²) in [6, 6.07) is 47.4. The number of hydrogen-bond acceptors (Lipinski definition) is 2. The van der Waals surface area contributed by atoms with Crippen molar-refractivity contribution in [1.29, 1.82) is 0 Å². The molecule has 7 aromatic carbocycles. The first-order chi connectivity index (χ1) is 28.0. The third-order valence-corrected chi connectivity index (χ3v) is 14.1. The predicted octanol–water partition coefficient (Wildman–Crippen LogP) is 14.2. The van der Waals surface area contributed by atoms with Crippen LogP contribution in [0, 0.1) is 5.92 Å². The van der Waals surface area contributed by atoms with E-state index in [0.717, 1.165) is 26.2 Å². The maximum atomic E-state index is 2.63. The summed E-state index contributed by atoms with van der Waals surface area (Å²) >= 11 is 0. The van der Waals surface area contributed by atoms with E-state index >= 15 is 0 Å². The van der Waals surface area contributed by atoms with Gasteiger partial charge < -0.3 is 9.80 Å². The highest BCUT2D eigenvalue weighted by atomic mass is 15.1. The van der Waals surface area contributed by atoms with E-state index in [4.69, 9.17) is 0 Å². The molecule has 2 aliphatic heterocycles. The van der Waals surface area contributed by atoms with Gasteiger partial charge in [0.15, 0.2) is 0 Å². The van der Waals surface area contributed by atoms with Crippen molar-refractivity contribution in [3.8, 4) is 33.4 Å². The van der Waals surface area contributed by atoms with Crippen molar-refractivity contribution in [3.63, 3.8) is 0 Å². The van der Waals surface area contributed by atoms with Gasteiger partial charge in [-0.15, -0.1) is 0 Å². The van der Waals surface area contributed by atoms with Gasteiger partial charge in [-0.05, 0) is 157 Å². The van der Waals surface area contributed by atoms with Gasteiger partial charge in [-0.3, -0.25) is 0 Å². The van der Waals surface area contributed by atoms with Crippen molar-refractivity contribution in [2.24, 2.45) is 5.92 Å². The van der Waals surface area contributed by atoms with Gasteiger partial charge >= 0.3 is 0 Å². The van der Waals surface area contributed by atoms with E-state index in [1.807, 2.05) is 0 Å². The lowest BCUT2D eigenvalue weighted by atomic mass is 9.74. The number of anilines is 2. The first-order valence-corrected chi connectivity index (χ1v) is 21.6. The molecule has 0 spiro atoms. The highest BCUT2D eigenvalue weighted by Gasteiger charge is 2.44. The number of benzene rings is 7. The second-order valence-electron chi connectivity index (χ2n) is 17.8. The Kier molecular flexibility index (Phi) is 8.39. The van der Waals surface area contributed by atoms with E-state index in [1.165, 1.54) is 127 Å². The molecule has 57 heavy (non-hydrogen) atoms. The molecule has 282 valence electrons. The topological polar surface area (TPSA) is 6.48 Å². The van der Waals surface area contributed by atoms with Crippen LogP contribution in [0.1, 0.15) is 69.4 Å². The van der Waals surface area contributed by atoms with Gasteiger partial charge in [0.1, 0.15) is 0 Å². The van der Waals surface area contributed by atoms with Crippen LogP contribution in [0.2, 0.25) is 0 Å². The van der Waals surface area contributed by atoms with Gasteiger partial charge in [-0.1, -0.05) is 129 Å². The van der Waals surface area contributed by atoms with Gasteiger partial charge in [0.2, 0.25) is 0 Å². The Hall–Kier alpha value is -5.60. The molecule has 2 unspecified atom stereocenters. The fourth-order valence-electron chi connectivity index (χ4n) is 11.1. The standard InChI is InChI=1S/C55H52N2/c1-55(2)51-20-10-9-18-44(51)45-26-23-39(34-52(45)55)43-17-7-8-19-46(43)54-48-28-25-41(56-29-11-3-12-30-56)35-49(48)53(40-22-21-37-15-5-6-16-38(37)33-40)47-27-24-42(36-50(47)54)57-31-13-4-14-32-57/h5-10,15-28,33-36,44,51H,3-4,11-14,29-32H2,1-2H3. The van der Waals surface area contributed by atoms with Gasteiger partial charge in [-0.2, -0.15) is 0 Å². The molecule has 0 amide bonds. The Balaban J connectivity index is 1.20. The zero-order valence-corrected chi connectivity index (χ0v) is 33.5. The molecule has 2 aliphatic carbocycles. The zero-order valence-electron chi connectivity index (χ0n) is 33.5. The summed E-state index contributed by atoms with van der Waals surface area (Å²) in [5.74, 6) is 0.933. The fraction of sp³-hybridized carbons (Fsp3) is 0.273. The minimum absolute atomic E-state index is 0.0569. The van der Waals surface area contributed by atoms with Crippen molar-refractivity contribution in [2.75, 3.05) is 36.0 Å². The number of hydrogen-bond donors (Lipinski definition) is 0. The van der Waals surface area contributed by atoms with Crippen LogP contribution in [0.25, 0.3) is 65.7 Å². The lowest BCUT2D eigenvalue weighted by Crippen LogP contribution is -2.29. The lowest BCUT2D eigenvalue weighted by Gasteiger charge is -2.31. The van der Waals surface area contributed by atoms with Crippen LogP contribution < -0.4 is 9.80 Å². The minimum atomic E-state index is 0.0569. The largest absolute Gasteiger partial charge is 0.372 e. The molecule has 0 radical (unpaired) electrons. The summed E-state index contributed by atoms with van der Waals surface area (Å²) in [6.07, 6.45) is 17.0. The van der Waals surface area contributed by atoms with Crippen LogP contribution in [0.15, 0.2) is 146 Å². The third kappa shape index (κ3) is 5.74. The van der Waals surface area contributed by atoms with Crippen LogP contribution in [-0.4, -0.2) is 26.2 Å². The zero-order chi connectivity index (χ0) is 38.1. The van der Waals surface area contributed by atoms with Crippen molar-refractivity contribution in [2.45, 2.75) is 63.7 Å². The van der Waals surface area contributed by atoms with Crippen LogP contribution in [0.3, 0.4) is 0 Å². The van der Waals surface area contributed by atoms with E-state index in [9.17, 15) is 0 Å². The normalized spacial score (nSPS) is 20.0. The maximum Gasteiger partial charge on any atom is 0.0372 e. The molecule has 2 heterocycles. The number of nitrogens with zero attached hydrogens (tertiary/aromatic N) is 2. The summed E-state index contributed by atoms with van der Waals surface area (Å²) in [5, 5.41) is 7.91. The molecule has 2 atom stereocenters. The molecule has 2 heteroatoms. The smallest absolute Gasteiger partial charge is 0.0372 e. The van der Waals surface area contributed by atoms with E-state index in [-0.39, 0.29) is 5.41 Å². The van der Waals surface area contributed by atoms with Crippen LogP contribution in [0.4, 0.5) is 11.4 Å². The summed E-state index contributed by atoms with van der Waals surface area (Å²) in [5.41, 5.74) is 13.6. The highest BCUT2D eigenvalue weighted by Crippen LogP contribution is 2.54. The highest BCUT2D eigenvalue weighted by molar-refractivity contribution is 6.23. The molecular formula is C55H52N2. The molecule has 2 saturated heterocycles. The van der Waals surface area contributed by atoms with Crippen molar-refractivity contribution >= 4 is 43.7 Å². The molecule has 2 nitrogen and oxygen atoms in total. The van der Waals surface area contributed by atoms with Crippen molar-refractivity contribution < 1.29 is 0 Å². The van der Waals surface area contributed by atoms with E-state index < -0.39 is 0 Å².